The number of carbonyl (C=O) groups excluding carboxylic acids is 3. The highest BCUT2D eigenvalue weighted by atomic mass is 16.6. The van der Waals surface area contributed by atoms with Gasteiger partial charge in [0.15, 0.2) is 0 Å². The summed E-state index contributed by atoms with van der Waals surface area (Å²) in [5.74, 6) is -0.271. The van der Waals surface area contributed by atoms with Gasteiger partial charge in [0, 0.05) is 38.0 Å². The standard InChI is InChI=1S/C36H45N3O5/c1-36(2,3)44-35(42)37-23-21-32-34(41)39(25-31(28-15-9-5-10-16-28)29-17-11-6-12-18-29)24-22-30(38-32)19-20-33(40)43-26-27-13-7-4-8-14-27/h4-18,30-32,38H,19-26H2,1-3H3,(H,37,42)/t30-,32+/m1/s1. The Labute approximate surface area is 261 Å². The lowest BCUT2D eigenvalue weighted by atomic mass is 9.90. The normalized spacial score (nSPS) is 17.2. The van der Waals surface area contributed by atoms with Crippen LogP contribution >= 0.6 is 0 Å². The van der Waals surface area contributed by atoms with Crippen molar-refractivity contribution in [2.45, 2.75) is 76.7 Å². The van der Waals surface area contributed by atoms with Gasteiger partial charge in [-0.05, 0) is 56.7 Å². The number of carbonyl (C=O) groups is 3. The van der Waals surface area contributed by atoms with Gasteiger partial charge >= 0.3 is 12.1 Å². The summed E-state index contributed by atoms with van der Waals surface area (Å²) in [4.78, 5) is 40.8. The average Bonchev–Trinajstić information content (AvgIpc) is 3.16. The van der Waals surface area contributed by atoms with E-state index in [2.05, 4.69) is 34.9 Å². The summed E-state index contributed by atoms with van der Waals surface area (Å²) in [7, 11) is 0. The van der Waals surface area contributed by atoms with Crippen molar-refractivity contribution in [2.75, 3.05) is 19.6 Å². The predicted octanol–water partition coefficient (Wildman–Crippen LogP) is 5.82. The smallest absolute Gasteiger partial charge is 0.407 e. The molecular weight excluding hydrogens is 554 g/mol. The highest BCUT2D eigenvalue weighted by molar-refractivity contribution is 5.82. The Hall–Kier alpha value is -4.17. The van der Waals surface area contributed by atoms with Crippen molar-refractivity contribution in [3.63, 3.8) is 0 Å². The van der Waals surface area contributed by atoms with Crippen LogP contribution in [0.5, 0.6) is 0 Å². The summed E-state index contributed by atoms with van der Waals surface area (Å²) in [5.41, 5.74) is 2.62. The second kappa shape index (κ2) is 16.1. The Morgan fingerprint density at radius 3 is 2.09 bits per heavy atom. The molecule has 0 saturated carbocycles. The summed E-state index contributed by atoms with van der Waals surface area (Å²) in [6.45, 7) is 7.03. The number of nitrogens with zero attached hydrogens (tertiary/aromatic N) is 1. The quantitative estimate of drug-likeness (QED) is 0.255. The maximum absolute atomic E-state index is 14.0. The molecule has 3 aromatic carbocycles. The Bertz CT molecular complexity index is 1290. The zero-order chi connectivity index (χ0) is 31.4. The van der Waals surface area contributed by atoms with E-state index >= 15 is 0 Å². The van der Waals surface area contributed by atoms with Crippen LogP contribution < -0.4 is 10.6 Å². The van der Waals surface area contributed by atoms with E-state index in [1.165, 1.54) is 0 Å². The van der Waals surface area contributed by atoms with Gasteiger partial charge in [-0.1, -0.05) is 91.0 Å². The first kappa shape index (κ1) is 32.7. The van der Waals surface area contributed by atoms with Crippen LogP contribution in [0.4, 0.5) is 4.79 Å². The van der Waals surface area contributed by atoms with Crippen LogP contribution in [0.3, 0.4) is 0 Å². The van der Waals surface area contributed by atoms with E-state index in [1.54, 1.807) is 0 Å². The van der Waals surface area contributed by atoms with Crippen molar-refractivity contribution in [1.29, 1.82) is 0 Å². The highest BCUT2D eigenvalue weighted by Gasteiger charge is 2.33. The molecule has 4 rings (SSSR count). The Morgan fingerprint density at radius 1 is 0.909 bits per heavy atom. The van der Waals surface area contributed by atoms with E-state index in [-0.39, 0.29) is 43.4 Å². The zero-order valence-corrected chi connectivity index (χ0v) is 26.0. The fourth-order valence-corrected chi connectivity index (χ4v) is 5.43. The van der Waals surface area contributed by atoms with E-state index in [0.29, 0.717) is 32.4 Å². The number of rotatable bonds is 12. The van der Waals surface area contributed by atoms with Gasteiger partial charge in [-0.15, -0.1) is 0 Å². The predicted molar refractivity (Wildman–Crippen MR) is 171 cm³/mol. The minimum Gasteiger partial charge on any atom is -0.461 e. The molecule has 2 atom stereocenters. The van der Waals surface area contributed by atoms with E-state index in [0.717, 1.165) is 16.7 Å². The first-order valence-corrected chi connectivity index (χ1v) is 15.5. The van der Waals surface area contributed by atoms with Gasteiger partial charge in [-0.3, -0.25) is 9.59 Å². The van der Waals surface area contributed by atoms with Gasteiger partial charge in [0.2, 0.25) is 5.91 Å². The molecule has 1 aliphatic heterocycles. The van der Waals surface area contributed by atoms with E-state index in [9.17, 15) is 14.4 Å². The number of alkyl carbamates (subject to hydrolysis) is 1. The van der Waals surface area contributed by atoms with Crippen LogP contribution in [0, 0.1) is 0 Å². The fourth-order valence-electron chi connectivity index (χ4n) is 5.43. The monoisotopic (exact) mass is 599 g/mol. The van der Waals surface area contributed by atoms with Crippen LogP contribution in [-0.2, 0) is 25.7 Å². The van der Waals surface area contributed by atoms with Crippen LogP contribution in [0.15, 0.2) is 91.0 Å². The van der Waals surface area contributed by atoms with Crippen LogP contribution in [0.1, 0.15) is 69.1 Å². The molecule has 1 saturated heterocycles. The van der Waals surface area contributed by atoms with Crippen molar-refractivity contribution in [2.24, 2.45) is 0 Å². The molecule has 1 heterocycles. The third-order valence-electron chi connectivity index (χ3n) is 7.64. The summed E-state index contributed by atoms with van der Waals surface area (Å²) in [5, 5.41) is 6.29. The molecule has 1 aliphatic rings. The lowest BCUT2D eigenvalue weighted by molar-refractivity contribution is -0.145. The van der Waals surface area contributed by atoms with Gasteiger partial charge in [-0.2, -0.15) is 0 Å². The second-order valence-corrected chi connectivity index (χ2v) is 12.3. The van der Waals surface area contributed by atoms with Gasteiger partial charge in [0.05, 0.1) is 6.04 Å². The summed E-state index contributed by atoms with van der Waals surface area (Å²) in [6, 6.07) is 29.5. The van der Waals surface area contributed by atoms with Crippen molar-refractivity contribution in [1.82, 2.24) is 15.5 Å². The highest BCUT2D eigenvalue weighted by Crippen LogP contribution is 2.27. The number of ether oxygens (including phenoxy) is 2. The van der Waals surface area contributed by atoms with Crippen molar-refractivity contribution >= 4 is 18.0 Å². The number of nitrogens with one attached hydrogen (secondary N) is 2. The third-order valence-corrected chi connectivity index (χ3v) is 7.64. The summed E-state index contributed by atoms with van der Waals surface area (Å²) >= 11 is 0. The number of hydrogen-bond acceptors (Lipinski definition) is 6. The largest absolute Gasteiger partial charge is 0.461 e. The van der Waals surface area contributed by atoms with Crippen LogP contribution in [-0.4, -0.2) is 60.2 Å². The number of benzene rings is 3. The molecule has 44 heavy (non-hydrogen) atoms. The summed E-state index contributed by atoms with van der Waals surface area (Å²) in [6.07, 6.45) is 1.37. The summed E-state index contributed by atoms with van der Waals surface area (Å²) < 4.78 is 10.9. The lowest BCUT2D eigenvalue weighted by Gasteiger charge is -2.29. The molecule has 0 bridgehead atoms. The molecule has 0 spiro atoms. The molecule has 234 valence electrons. The molecule has 0 aliphatic carbocycles. The minimum absolute atomic E-state index is 0.00593. The molecule has 0 aromatic heterocycles. The topological polar surface area (TPSA) is 97.0 Å². The third kappa shape index (κ3) is 10.5. The number of hydrogen-bond donors (Lipinski definition) is 2. The molecule has 3 aromatic rings. The molecule has 8 heteroatoms. The zero-order valence-electron chi connectivity index (χ0n) is 26.0. The molecule has 0 radical (unpaired) electrons. The van der Waals surface area contributed by atoms with E-state index in [4.69, 9.17) is 9.47 Å². The Kier molecular flexibility index (Phi) is 11.9. The van der Waals surface area contributed by atoms with Crippen LogP contribution in [0.2, 0.25) is 0 Å². The van der Waals surface area contributed by atoms with Gasteiger partial charge in [0.1, 0.15) is 12.2 Å². The Morgan fingerprint density at radius 2 is 1.50 bits per heavy atom. The number of amides is 2. The van der Waals surface area contributed by atoms with Crippen molar-refractivity contribution < 1.29 is 23.9 Å². The first-order valence-electron chi connectivity index (χ1n) is 15.5. The van der Waals surface area contributed by atoms with Gasteiger partial charge in [0.25, 0.3) is 0 Å². The Balaban J connectivity index is 1.44. The molecule has 2 N–H and O–H groups in total. The molecule has 8 nitrogen and oxygen atoms in total. The second-order valence-electron chi connectivity index (χ2n) is 12.3. The minimum atomic E-state index is -0.610. The molecular formula is C36H45N3O5. The lowest BCUT2D eigenvalue weighted by Crippen LogP contribution is -2.48. The molecule has 2 amide bonds. The average molecular weight is 600 g/mol. The van der Waals surface area contributed by atoms with Gasteiger partial charge < -0.3 is 25.0 Å². The maximum atomic E-state index is 14.0. The maximum Gasteiger partial charge on any atom is 0.407 e. The molecule has 1 fully saturated rings. The van der Waals surface area contributed by atoms with E-state index in [1.807, 2.05) is 92.4 Å². The number of esters is 1. The SMILES string of the molecule is CC(C)(C)OC(=O)NCC[C@@H]1N[C@H](CCC(=O)OCc2ccccc2)CCN(CC(c2ccccc2)c2ccccc2)C1=O. The van der Waals surface area contributed by atoms with Crippen molar-refractivity contribution in [3.8, 4) is 0 Å². The van der Waals surface area contributed by atoms with Gasteiger partial charge in [-0.25, -0.2) is 4.79 Å². The fraction of sp³-hybridized carbons (Fsp3) is 0.417. The van der Waals surface area contributed by atoms with E-state index < -0.39 is 17.7 Å². The van der Waals surface area contributed by atoms with Crippen molar-refractivity contribution in [3.05, 3.63) is 108 Å². The first-order chi connectivity index (χ1) is 21.2. The molecule has 0 unspecified atom stereocenters. The van der Waals surface area contributed by atoms with Crippen LogP contribution in [0.25, 0.3) is 0 Å².